The van der Waals surface area contributed by atoms with Crippen molar-refractivity contribution in [3.05, 3.63) is 18.2 Å². The SMILES string of the molecule is CC(C)Oc1cc(N2CCC(N(C)C)CC2)ccc1N. The van der Waals surface area contributed by atoms with Crippen LogP contribution in [0.15, 0.2) is 18.2 Å². The standard InChI is InChI=1S/C16H27N3O/c1-12(2)20-16-11-14(5-6-15(16)17)19-9-7-13(8-10-19)18(3)4/h5-6,11-13H,7-10,17H2,1-4H3. The molecule has 0 aromatic heterocycles. The zero-order chi connectivity index (χ0) is 14.7. The summed E-state index contributed by atoms with van der Waals surface area (Å²) in [7, 11) is 4.33. The number of ether oxygens (including phenoxy) is 1. The highest BCUT2D eigenvalue weighted by Gasteiger charge is 2.21. The van der Waals surface area contributed by atoms with Gasteiger partial charge in [0.15, 0.2) is 0 Å². The Morgan fingerprint density at radius 1 is 1.25 bits per heavy atom. The molecule has 2 rings (SSSR count). The molecule has 2 N–H and O–H groups in total. The Balaban J connectivity index is 2.06. The maximum absolute atomic E-state index is 5.98. The minimum absolute atomic E-state index is 0.145. The van der Waals surface area contributed by atoms with E-state index in [0.717, 1.165) is 18.8 Å². The minimum atomic E-state index is 0.145. The van der Waals surface area contributed by atoms with Crippen LogP contribution in [0.2, 0.25) is 0 Å². The third kappa shape index (κ3) is 3.57. The van der Waals surface area contributed by atoms with Crippen LogP contribution < -0.4 is 15.4 Å². The number of hydrogen-bond donors (Lipinski definition) is 1. The van der Waals surface area contributed by atoms with Crippen molar-refractivity contribution in [1.29, 1.82) is 0 Å². The minimum Gasteiger partial charge on any atom is -0.489 e. The first-order valence-corrected chi connectivity index (χ1v) is 7.45. The van der Waals surface area contributed by atoms with E-state index in [1.807, 2.05) is 19.9 Å². The van der Waals surface area contributed by atoms with E-state index in [1.165, 1.54) is 18.5 Å². The molecule has 112 valence electrons. The highest BCUT2D eigenvalue weighted by atomic mass is 16.5. The molecule has 1 aliphatic heterocycles. The number of benzene rings is 1. The van der Waals surface area contributed by atoms with Gasteiger partial charge in [-0.1, -0.05) is 0 Å². The summed E-state index contributed by atoms with van der Waals surface area (Å²) in [5.74, 6) is 0.798. The smallest absolute Gasteiger partial charge is 0.144 e. The van der Waals surface area contributed by atoms with Crippen molar-refractivity contribution in [2.24, 2.45) is 0 Å². The van der Waals surface area contributed by atoms with Gasteiger partial charge in [0.1, 0.15) is 5.75 Å². The Morgan fingerprint density at radius 3 is 2.45 bits per heavy atom. The van der Waals surface area contributed by atoms with Gasteiger partial charge in [0.25, 0.3) is 0 Å². The average molecular weight is 277 g/mol. The molecule has 4 heteroatoms. The average Bonchev–Trinajstić information content (AvgIpc) is 2.41. The molecule has 4 nitrogen and oxygen atoms in total. The van der Waals surface area contributed by atoms with Crippen molar-refractivity contribution in [1.82, 2.24) is 4.90 Å². The van der Waals surface area contributed by atoms with E-state index in [4.69, 9.17) is 10.5 Å². The van der Waals surface area contributed by atoms with Crippen LogP contribution in [0.1, 0.15) is 26.7 Å². The number of hydrogen-bond acceptors (Lipinski definition) is 4. The van der Waals surface area contributed by atoms with Gasteiger partial charge in [-0.3, -0.25) is 0 Å². The van der Waals surface area contributed by atoms with Crippen LogP contribution in [0.4, 0.5) is 11.4 Å². The summed E-state index contributed by atoms with van der Waals surface area (Å²) >= 11 is 0. The van der Waals surface area contributed by atoms with Gasteiger partial charge in [-0.15, -0.1) is 0 Å². The summed E-state index contributed by atoms with van der Waals surface area (Å²) in [5.41, 5.74) is 7.91. The van der Waals surface area contributed by atoms with Crippen LogP contribution in [0.3, 0.4) is 0 Å². The highest BCUT2D eigenvalue weighted by Crippen LogP contribution is 2.30. The van der Waals surface area contributed by atoms with E-state index in [9.17, 15) is 0 Å². The van der Waals surface area contributed by atoms with E-state index in [2.05, 4.69) is 36.0 Å². The summed E-state index contributed by atoms with van der Waals surface area (Å²) in [6, 6.07) is 6.82. The van der Waals surface area contributed by atoms with E-state index in [1.54, 1.807) is 0 Å². The summed E-state index contributed by atoms with van der Waals surface area (Å²) in [6.45, 7) is 6.23. The lowest BCUT2D eigenvalue weighted by Crippen LogP contribution is -2.42. The van der Waals surface area contributed by atoms with Crippen LogP contribution >= 0.6 is 0 Å². The highest BCUT2D eigenvalue weighted by molar-refractivity contribution is 5.62. The quantitative estimate of drug-likeness (QED) is 0.859. The molecule has 0 spiro atoms. The molecule has 0 radical (unpaired) electrons. The summed E-state index contributed by atoms with van der Waals surface area (Å²) in [6.07, 6.45) is 2.56. The largest absolute Gasteiger partial charge is 0.489 e. The predicted molar refractivity (Wildman–Crippen MR) is 85.5 cm³/mol. The Labute approximate surface area is 122 Å². The summed E-state index contributed by atoms with van der Waals surface area (Å²) in [5, 5.41) is 0. The first-order chi connectivity index (χ1) is 9.47. The number of anilines is 2. The molecule has 0 amide bonds. The van der Waals surface area contributed by atoms with Crippen LogP contribution in [-0.4, -0.2) is 44.2 Å². The van der Waals surface area contributed by atoms with Gasteiger partial charge < -0.3 is 20.3 Å². The normalized spacial score (nSPS) is 17.0. The van der Waals surface area contributed by atoms with Gasteiger partial charge in [0, 0.05) is 30.9 Å². The van der Waals surface area contributed by atoms with Gasteiger partial charge in [0.2, 0.25) is 0 Å². The molecular weight excluding hydrogens is 250 g/mol. The third-order valence-corrected chi connectivity index (χ3v) is 3.92. The van der Waals surface area contributed by atoms with Crippen LogP contribution in [0.25, 0.3) is 0 Å². The van der Waals surface area contributed by atoms with Crippen molar-refractivity contribution in [2.45, 2.75) is 38.8 Å². The third-order valence-electron chi connectivity index (χ3n) is 3.92. The van der Waals surface area contributed by atoms with Gasteiger partial charge in [-0.2, -0.15) is 0 Å². The molecule has 1 heterocycles. The second kappa shape index (κ2) is 6.35. The van der Waals surface area contributed by atoms with Crippen molar-refractivity contribution >= 4 is 11.4 Å². The molecule has 1 aromatic carbocycles. The molecule has 20 heavy (non-hydrogen) atoms. The number of nitrogens with two attached hydrogens (primary N) is 1. The molecule has 0 atom stereocenters. The molecule has 0 aliphatic carbocycles. The molecular formula is C16H27N3O. The molecule has 1 fully saturated rings. The molecule has 0 saturated carbocycles. The molecule has 1 saturated heterocycles. The Hall–Kier alpha value is -1.42. The van der Waals surface area contributed by atoms with Gasteiger partial charge in [-0.25, -0.2) is 0 Å². The Bertz CT molecular complexity index is 437. The zero-order valence-electron chi connectivity index (χ0n) is 13.1. The Morgan fingerprint density at radius 2 is 1.90 bits per heavy atom. The van der Waals surface area contributed by atoms with Crippen molar-refractivity contribution in [3.63, 3.8) is 0 Å². The van der Waals surface area contributed by atoms with E-state index < -0.39 is 0 Å². The van der Waals surface area contributed by atoms with Gasteiger partial charge in [-0.05, 0) is 52.9 Å². The van der Waals surface area contributed by atoms with Crippen molar-refractivity contribution in [3.8, 4) is 5.75 Å². The molecule has 1 aromatic rings. The predicted octanol–water partition coefficient (Wildman–Crippen LogP) is 2.59. The number of rotatable bonds is 4. The number of nitrogen functional groups attached to an aromatic ring is 1. The summed E-state index contributed by atoms with van der Waals surface area (Å²) < 4.78 is 5.78. The fourth-order valence-corrected chi connectivity index (χ4v) is 2.72. The topological polar surface area (TPSA) is 41.7 Å². The lowest BCUT2D eigenvalue weighted by Gasteiger charge is -2.36. The molecule has 1 aliphatic rings. The van der Waals surface area contributed by atoms with Crippen molar-refractivity contribution in [2.75, 3.05) is 37.8 Å². The van der Waals surface area contributed by atoms with Gasteiger partial charge >= 0.3 is 0 Å². The monoisotopic (exact) mass is 277 g/mol. The fraction of sp³-hybridized carbons (Fsp3) is 0.625. The number of piperidine rings is 1. The lowest BCUT2D eigenvalue weighted by atomic mass is 10.0. The van der Waals surface area contributed by atoms with E-state index >= 15 is 0 Å². The Kier molecular flexibility index (Phi) is 4.76. The zero-order valence-corrected chi connectivity index (χ0v) is 13.1. The maximum atomic E-state index is 5.98. The van der Waals surface area contributed by atoms with Crippen LogP contribution in [0, 0.1) is 0 Å². The number of nitrogens with zero attached hydrogens (tertiary/aromatic N) is 2. The van der Waals surface area contributed by atoms with Crippen molar-refractivity contribution < 1.29 is 4.74 Å². The first kappa shape index (κ1) is 15.0. The van der Waals surface area contributed by atoms with E-state index in [0.29, 0.717) is 11.7 Å². The van der Waals surface area contributed by atoms with Crippen LogP contribution in [0.5, 0.6) is 5.75 Å². The second-order valence-corrected chi connectivity index (χ2v) is 6.07. The first-order valence-electron chi connectivity index (χ1n) is 7.45. The van der Waals surface area contributed by atoms with E-state index in [-0.39, 0.29) is 6.10 Å². The van der Waals surface area contributed by atoms with Crippen LogP contribution in [-0.2, 0) is 0 Å². The second-order valence-electron chi connectivity index (χ2n) is 6.07. The van der Waals surface area contributed by atoms with Gasteiger partial charge in [0.05, 0.1) is 11.8 Å². The summed E-state index contributed by atoms with van der Waals surface area (Å²) in [4.78, 5) is 4.75. The lowest BCUT2D eigenvalue weighted by molar-refractivity contribution is 0.243. The molecule has 0 bridgehead atoms. The maximum Gasteiger partial charge on any atom is 0.144 e. The molecule has 0 unspecified atom stereocenters. The fourth-order valence-electron chi connectivity index (χ4n) is 2.72.